The highest BCUT2D eigenvalue weighted by atomic mass is 16.5. The summed E-state index contributed by atoms with van der Waals surface area (Å²) in [6, 6.07) is 8.37. The molecule has 0 radical (unpaired) electrons. The molecule has 2 rings (SSSR count). The molecule has 6 nitrogen and oxygen atoms in total. The van der Waals surface area contributed by atoms with E-state index in [4.69, 9.17) is 14.6 Å². The molecule has 0 heterocycles. The van der Waals surface area contributed by atoms with Crippen LogP contribution in [0.4, 0.5) is 0 Å². The van der Waals surface area contributed by atoms with Gasteiger partial charge in [0.1, 0.15) is 6.61 Å². The number of hydrogen-bond donors (Lipinski definition) is 2. The first-order valence-corrected chi connectivity index (χ1v) is 7.40. The van der Waals surface area contributed by atoms with Crippen molar-refractivity contribution in [3.8, 4) is 0 Å². The number of benzene rings is 1. The first-order chi connectivity index (χ1) is 10.6. The molecule has 1 saturated carbocycles. The van der Waals surface area contributed by atoms with E-state index in [1.54, 1.807) is 0 Å². The second-order valence-corrected chi connectivity index (χ2v) is 5.32. The Kier molecular flexibility index (Phi) is 6.36. The number of carbonyl (C=O) groups excluding carboxylic acids is 1. The van der Waals surface area contributed by atoms with Gasteiger partial charge in [0, 0.05) is 0 Å². The van der Waals surface area contributed by atoms with Gasteiger partial charge in [-0.3, -0.25) is 4.79 Å². The van der Waals surface area contributed by atoms with Crippen LogP contribution in [0, 0.1) is 0 Å². The Bertz CT molecular complexity index is 487. The third kappa shape index (κ3) is 5.46. The molecule has 2 N–H and O–H groups in total. The minimum Gasteiger partial charge on any atom is -0.480 e. The summed E-state index contributed by atoms with van der Waals surface area (Å²) in [6.45, 7) is 0.117. The van der Waals surface area contributed by atoms with Crippen LogP contribution >= 0.6 is 0 Å². The van der Waals surface area contributed by atoms with Crippen molar-refractivity contribution < 1.29 is 24.2 Å². The van der Waals surface area contributed by atoms with E-state index in [9.17, 15) is 9.59 Å². The third-order valence-electron chi connectivity index (χ3n) is 3.53. The maximum absolute atomic E-state index is 11.7. The molecule has 0 spiro atoms. The van der Waals surface area contributed by atoms with Crippen LogP contribution in [0.1, 0.15) is 24.8 Å². The number of carboxylic acid groups (broad SMARTS) is 1. The molecular formula is C16H21NO5. The minimum absolute atomic E-state index is 0.0839. The molecule has 22 heavy (non-hydrogen) atoms. The molecule has 120 valence electrons. The maximum atomic E-state index is 11.7. The number of nitrogens with one attached hydrogen (secondary N) is 1. The standard InChI is InChI=1S/C16H21NO5/c18-15(11-22-13-7-4-8-13)17-14(16(19)20)10-21-9-12-5-2-1-3-6-12/h1-3,5-6,13-14H,4,7-11H2,(H,17,18)(H,19,20)/t14-/m1/s1. The molecule has 0 unspecified atom stereocenters. The predicted octanol–water partition coefficient (Wildman–Crippen LogP) is 1.34. The van der Waals surface area contributed by atoms with Crippen LogP contribution in [0.5, 0.6) is 0 Å². The van der Waals surface area contributed by atoms with Crippen LogP contribution in [0.25, 0.3) is 0 Å². The van der Waals surface area contributed by atoms with Crippen molar-refractivity contribution in [1.29, 1.82) is 0 Å². The summed E-state index contributed by atoms with van der Waals surface area (Å²) >= 11 is 0. The van der Waals surface area contributed by atoms with Crippen LogP contribution < -0.4 is 5.32 Å². The van der Waals surface area contributed by atoms with Gasteiger partial charge >= 0.3 is 5.97 Å². The summed E-state index contributed by atoms with van der Waals surface area (Å²) in [6.07, 6.45) is 3.20. The highest BCUT2D eigenvalue weighted by Crippen LogP contribution is 2.21. The second-order valence-electron chi connectivity index (χ2n) is 5.32. The molecule has 1 aliphatic rings. The summed E-state index contributed by atoms with van der Waals surface area (Å²) in [5.41, 5.74) is 0.950. The van der Waals surface area contributed by atoms with Gasteiger partial charge in [-0.2, -0.15) is 0 Å². The number of aliphatic carboxylic acids is 1. The number of rotatable bonds is 9. The SMILES string of the molecule is O=C(COC1CCC1)N[C@H](COCc1ccccc1)C(=O)O. The summed E-state index contributed by atoms with van der Waals surface area (Å²) in [7, 11) is 0. The molecule has 1 aliphatic carbocycles. The van der Waals surface area contributed by atoms with Gasteiger partial charge < -0.3 is 19.9 Å². The summed E-state index contributed by atoms with van der Waals surface area (Å²) in [5.74, 6) is -1.55. The van der Waals surface area contributed by atoms with Crippen molar-refractivity contribution in [2.24, 2.45) is 0 Å². The molecule has 0 aliphatic heterocycles. The van der Waals surface area contributed by atoms with Crippen LogP contribution in [0.15, 0.2) is 30.3 Å². The first-order valence-electron chi connectivity index (χ1n) is 7.40. The van der Waals surface area contributed by atoms with Gasteiger partial charge in [-0.05, 0) is 24.8 Å². The Morgan fingerprint density at radius 2 is 2.00 bits per heavy atom. The summed E-state index contributed by atoms with van der Waals surface area (Å²) in [5, 5.41) is 11.5. The normalized spacial score (nSPS) is 15.8. The Morgan fingerprint density at radius 3 is 2.59 bits per heavy atom. The van der Waals surface area contributed by atoms with E-state index in [0.29, 0.717) is 6.61 Å². The smallest absolute Gasteiger partial charge is 0.328 e. The molecule has 1 aromatic rings. The quantitative estimate of drug-likeness (QED) is 0.719. The van der Waals surface area contributed by atoms with Crippen molar-refractivity contribution in [2.75, 3.05) is 13.2 Å². The first kappa shape index (κ1) is 16.5. The fourth-order valence-electron chi connectivity index (χ4n) is 2.01. The fraction of sp³-hybridized carbons (Fsp3) is 0.500. The van der Waals surface area contributed by atoms with Crippen LogP contribution in [0.3, 0.4) is 0 Å². The average molecular weight is 307 g/mol. The maximum Gasteiger partial charge on any atom is 0.328 e. The largest absolute Gasteiger partial charge is 0.480 e. The van der Waals surface area contributed by atoms with E-state index in [1.807, 2.05) is 30.3 Å². The zero-order valence-corrected chi connectivity index (χ0v) is 12.4. The molecule has 1 atom stereocenters. The van der Waals surface area contributed by atoms with Gasteiger partial charge in [-0.15, -0.1) is 0 Å². The van der Waals surface area contributed by atoms with E-state index >= 15 is 0 Å². The number of ether oxygens (including phenoxy) is 2. The molecule has 0 bridgehead atoms. The van der Waals surface area contributed by atoms with E-state index in [-0.39, 0.29) is 19.3 Å². The molecule has 1 amide bonds. The van der Waals surface area contributed by atoms with Gasteiger partial charge in [-0.25, -0.2) is 4.79 Å². The van der Waals surface area contributed by atoms with Crippen molar-refractivity contribution in [3.05, 3.63) is 35.9 Å². The zero-order valence-electron chi connectivity index (χ0n) is 12.4. The highest BCUT2D eigenvalue weighted by Gasteiger charge is 2.22. The lowest BCUT2D eigenvalue weighted by molar-refractivity contribution is -0.145. The van der Waals surface area contributed by atoms with Crippen molar-refractivity contribution in [1.82, 2.24) is 5.32 Å². The Labute approximate surface area is 129 Å². The van der Waals surface area contributed by atoms with Crippen molar-refractivity contribution >= 4 is 11.9 Å². The molecule has 0 aromatic heterocycles. The van der Waals surface area contributed by atoms with Gasteiger partial charge in [0.05, 0.1) is 19.3 Å². The number of carbonyl (C=O) groups is 2. The molecular weight excluding hydrogens is 286 g/mol. The van der Waals surface area contributed by atoms with E-state index < -0.39 is 17.9 Å². The summed E-state index contributed by atoms with van der Waals surface area (Å²) in [4.78, 5) is 22.8. The van der Waals surface area contributed by atoms with Gasteiger partial charge in [0.2, 0.25) is 5.91 Å². The van der Waals surface area contributed by atoms with Crippen molar-refractivity contribution in [2.45, 2.75) is 38.0 Å². The van der Waals surface area contributed by atoms with Crippen LogP contribution in [-0.4, -0.2) is 42.3 Å². The van der Waals surface area contributed by atoms with Gasteiger partial charge in [0.25, 0.3) is 0 Å². The lowest BCUT2D eigenvalue weighted by Crippen LogP contribution is -2.46. The van der Waals surface area contributed by atoms with E-state index in [1.165, 1.54) is 0 Å². The Balaban J connectivity index is 1.69. The monoisotopic (exact) mass is 307 g/mol. The molecule has 1 aromatic carbocycles. The zero-order chi connectivity index (χ0) is 15.8. The molecule has 0 saturated heterocycles. The van der Waals surface area contributed by atoms with Gasteiger partial charge in [0.15, 0.2) is 6.04 Å². The Hall–Kier alpha value is -1.92. The molecule has 1 fully saturated rings. The summed E-state index contributed by atoms with van der Waals surface area (Å²) < 4.78 is 10.7. The van der Waals surface area contributed by atoms with Gasteiger partial charge in [-0.1, -0.05) is 30.3 Å². The average Bonchev–Trinajstić information content (AvgIpc) is 2.45. The van der Waals surface area contributed by atoms with E-state index in [0.717, 1.165) is 24.8 Å². The molecule has 6 heteroatoms. The van der Waals surface area contributed by atoms with Crippen molar-refractivity contribution in [3.63, 3.8) is 0 Å². The predicted molar refractivity (Wildman–Crippen MR) is 79.3 cm³/mol. The van der Waals surface area contributed by atoms with E-state index in [2.05, 4.69) is 5.32 Å². The third-order valence-corrected chi connectivity index (χ3v) is 3.53. The lowest BCUT2D eigenvalue weighted by Gasteiger charge is -2.25. The van der Waals surface area contributed by atoms with Crippen LogP contribution in [-0.2, 0) is 25.7 Å². The number of amides is 1. The minimum atomic E-state index is -1.12. The fourth-order valence-corrected chi connectivity index (χ4v) is 2.01. The van der Waals surface area contributed by atoms with Crippen LogP contribution in [0.2, 0.25) is 0 Å². The number of carboxylic acids is 1. The highest BCUT2D eigenvalue weighted by molar-refractivity contribution is 5.84. The Morgan fingerprint density at radius 1 is 1.27 bits per heavy atom. The second kappa shape index (κ2) is 8.51. The number of hydrogen-bond acceptors (Lipinski definition) is 4. The lowest BCUT2D eigenvalue weighted by atomic mass is 9.96. The topological polar surface area (TPSA) is 84.9 Å².